The number of fused-ring (bicyclic) bond motifs is 6. The summed E-state index contributed by atoms with van der Waals surface area (Å²) in [5, 5.41) is 1.35. The number of nitrogens with zero attached hydrogens (tertiary/aromatic N) is 2. The van der Waals surface area contributed by atoms with Crippen molar-refractivity contribution in [3.8, 4) is 0 Å². The molecule has 1 aromatic heterocycles. The van der Waals surface area contributed by atoms with Gasteiger partial charge < -0.3 is 26.8 Å². The third-order valence-electron chi connectivity index (χ3n) is 7.51. The molecular formula is C24H26ClN3O. The quantitative estimate of drug-likeness (QED) is 0.620. The van der Waals surface area contributed by atoms with Crippen LogP contribution < -0.4 is 12.4 Å². The molecule has 3 fully saturated rings. The lowest BCUT2D eigenvalue weighted by atomic mass is 9.77. The molecule has 3 aromatic rings. The van der Waals surface area contributed by atoms with Crippen LogP contribution in [0.15, 0.2) is 54.6 Å². The maximum absolute atomic E-state index is 13.4. The van der Waals surface area contributed by atoms with E-state index < -0.39 is 0 Å². The number of hydrogen-bond donors (Lipinski definition) is 1. The number of hydrogen-bond acceptors (Lipinski definition) is 1. The van der Waals surface area contributed by atoms with E-state index in [1.54, 1.807) is 0 Å². The van der Waals surface area contributed by atoms with Crippen LogP contribution in [0.25, 0.3) is 10.9 Å². The van der Waals surface area contributed by atoms with Gasteiger partial charge in [0, 0.05) is 41.5 Å². The van der Waals surface area contributed by atoms with Gasteiger partial charge in [-0.2, -0.15) is 0 Å². The van der Waals surface area contributed by atoms with E-state index in [9.17, 15) is 4.79 Å². The number of benzene rings is 2. The first kappa shape index (κ1) is 18.7. The molecule has 1 spiro atoms. The molecule has 3 saturated heterocycles. The molecule has 0 saturated carbocycles. The van der Waals surface area contributed by atoms with Crippen LogP contribution >= 0.6 is 0 Å². The van der Waals surface area contributed by atoms with E-state index in [1.807, 2.05) is 0 Å². The number of para-hydroxylation sites is 1. The van der Waals surface area contributed by atoms with Gasteiger partial charge in [-0.3, -0.25) is 4.79 Å². The van der Waals surface area contributed by atoms with Gasteiger partial charge in [-0.1, -0.05) is 48.5 Å². The summed E-state index contributed by atoms with van der Waals surface area (Å²) in [5.74, 6) is 0.343. The van der Waals surface area contributed by atoms with Gasteiger partial charge in [-0.05, 0) is 18.1 Å². The Balaban J connectivity index is 0.00000181. The fourth-order valence-corrected chi connectivity index (χ4v) is 6.11. The summed E-state index contributed by atoms with van der Waals surface area (Å²) >= 11 is 0. The van der Waals surface area contributed by atoms with E-state index in [1.165, 1.54) is 27.7 Å². The van der Waals surface area contributed by atoms with Crippen molar-refractivity contribution in [2.45, 2.75) is 31.3 Å². The lowest BCUT2D eigenvalue weighted by Crippen LogP contribution is -3.00. The summed E-state index contributed by atoms with van der Waals surface area (Å²) in [4.78, 5) is 19.4. The first-order valence-corrected chi connectivity index (χ1v) is 10.5. The van der Waals surface area contributed by atoms with Crippen molar-refractivity contribution in [2.75, 3.05) is 26.2 Å². The highest BCUT2D eigenvalue weighted by molar-refractivity contribution is 5.87. The maximum atomic E-state index is 13.4. The van der Waals surface area contributed by atoms with Crippen molar-refractivity contribution >= 4 is 16.8 Å². The normalized spacial score (nSPS) is 27.9. The van der Waals surface area contributed by atoms with Crippen molar-refractivity contribution in [1.82, 2.24) is 9.88 Å². The van der Waals surface area contributed by atoms with Crippen LogP contribution in [0, 0.1) is 0 Å². The molecule has 5 heteroatoms. The number of amides is 1. The van der Waals surface area contributed by atoms with Gasteiger partial charge in [-0.25, -0.2) is 0 Å². The molecule has 4 aliphatic rings. The van der Waals surface area contributed by atoms with Crippen LogP contribution in [0.5, 0.6) is 0 Å². The molecule has 0 aliphatic carbocycles. The highest BCUT2D eigenvalue weighted by Crippen LogP contribution is 2.49. The third kappa shape index (κ3) is 2.66. The Morgan fingerprint density at radius 2 is 1.72 bits per heavy atom. The van der Waals surface area contributed by atoms with Crippen molar-refractivity contribution in [1.29, 1.82) is 0 Å². The molecule has 4 aliphatic heterocycles. The molecule has 0 unspecified atom stereocenters. The van der Waals surface area contributed by atoms with E-state index in [0.29, 0.717) is 12.5 Å². The van der Waals surface area contributed by atoms with Crippen LogP contribution in [0.4, 0.5) is 0 Å². The second-order valence-electron chi connectivity index (χ2n) is 8.94. The Bertz CT molecular complexity index is 1070. The Kier molecular flexibility index (Phi) is 4.27. The topological polar surface area (TPSA) is 36.1 Å². The van der Waals surface area contributed by atoms with Crippen molar-refractivity contribution in [2.24, 2.45) is 0 Å². The molecule has 29 heavy (non-hydrogen) atoms. The summed E-state index contributed by atoms with van der Waals surface area (Å²) in [6.45, 7) is 4.62. The standard InChI is InChI=1S/C24H26N3O.ClH/c28-22-17-27(16-18-6-2-1-3-7-18)14-11-24(12-15-27)23-20(10-13-26(22)24)19-8-4-5-9-21(19)25-23;/h1-9,25H,10-17H2;1H/q+1;/p-1. The van der Waals surface area contributed by atoms with Gasteiger partial charge in [0.1, 0.15) is 6.54 Å². The third-order valence-corrected chi connectivity index (χ3v) is 7.51. The second-order valence-corrected chi connectivity index (χ2v) is 8.94. The van der Waals surface area contributed by atoms with Crippen molar-refractivity contribution in [3.05, 3.63) is 71.4 Å². The molecule has 5 heterocycles. The van der Waals surface area contributed by atoms with Crippen LogP contribution in [-0.4, -0.2) is 46.5 Å². The number of carbonyl (C=O) groups is 1. The smallest absolute Gasteiger partial charge is 0.278 e. The number of halogens is 1. The molecule has 2 aromatic carbocycles. The number of quaternary nitrogens is 1. The zero-order valence-electron chi connectivity index (χ0n) is 16.5. The lowest BCUT2D eigenvalue weighted by molar-refractivity contribution is -0.937. The van der Waals surface area contributed by atoms with E-state index >= 15 is 0 Å². The van der Waals surface area contributed by atoms with Crippen LogP contribution in [-0.2, 0) is 23.3 Å². The zero-order chi connectivity index (χ0) is 18.8. The Hall–Kier alpha value is -2.30. The molecule has 2 bridgehead atoms. The average molecular weight is 408 g/mol. The minimum atomic E-state index is -0.126. The summed E-state index contributed by atoms with van der Waals surface area (Å²) in [6.07, 6.45) is 3.09. The van der Waals surface area contributed by atoms with Gasteiger partial charge in [0.05, 0.1) is 18.6 Å². The number of rotatable bonds is 2. The molecular weight excluding hydrogens is 382 g/mol. The zero-order valence-corrected chi connectivity index (χ0v) is 17.3. The molecule has 1 N–H and O–H groups in total. The Morgan fingerprint density at radius 1 is 1.00 bits per heavy atom. The summed E-state index contributed by atoms with van der Waals surface area (Å²) in [5.41, 5.74) is 5.21. The maximum Gasteiger partial charge on any atom is 0.278 e. The van der Waals surface area contributed by atoms with E-state index in [-0.39, 0.29) is 17.9 Å². The summed E-state index contributed by atoms with van der Waals surface area (Å²) < 4.78 is 0.913. The van der Waals surface area contributed by atoms with Crippen LogP contribution in [0.3, 0.4) is 0 Å². The highest BCUT2D eigenvalue weighted by Gasteiger charge is 2.56. The molecule has 0 atom stereocenters. The van der Waals surface area contributed by atoms with Crippen LogP contribution in [0.2, 0.25) is 0 Å². The Labute approximate surface area is 177 Å². The molecule has 4 nitrogen and oxygen atoms in total. The average Bonchev–Trinajstić information content (AvgIpc) is 3.00. The Morgan fingerprint density at radius 3 is 2.52 bits per heavy atom. The lowest BCUT2D eigenvalue weighted by Gasteiger charge is -2.48. The molecule has 1 amide bonds. The van der Waals surface area contributed by atoms with Crippen LogP contribution in [0.1, 0.15) is 29.7 Å². The van der Waals surface area contributed by atoms with E-state index in [2.05, 4.69) is 64.5 Å². The number of H-pyrrole nitrogens is 1. The largest absolute Gasteiger partial charge is 1.00 e. The first-order chi connectivity index (χ1) is 13.7. The van der Waals surface area contributed by atoms with Crippen molar-refractivity contribution in [3.63, 3.8) is 0 Å². The fourth-order valence-electron chi connectivity index (χ4n) is 6.11. The van der Waals surface area contributed by atoms with Gasteiger partial charge >= 0.3 is 0 Å². The van der Waals surface area contributed by atoms with Gasteiger partial charge in [0.2, 0.25) is 0 Å². The minimum Gasteiger partial charge on any atom is -1.00 e. The predicted molar refractivity (Wildman–Crippen MR) is 110 cm³/mol. The SMILES string of the molecule is O=C1C[N+]2(Cc3ccccc3)CCC3(CC2)c2[nH]c4ccccc4c2CCN13.[Cl-]. The van der Waals surface area contributed by atoms with E-state index in [4.69, 9.17) is 0 Å². The van der Waals surface area contributed by atoms with Crippen molar-refractivity contribution < 1.29 is 21.7 Å². The summed E-state index contributed by atoms with van der Waals surface area (Å²) in [6, 6.07) is 19.3. The number of carbonyl (C=O) groups excluding carboxylic acids is 1. The number of nitrogens with one attached hydrogen (secondary N) is 1. The highest BCUT2D eigenvalue weighted by atomic mass is 35.5. The second kappa shape index (κ2) is 6.61. The van der Waals surface area contributed by atoms with Gasteiger partial charge in [0.15, 0.2) is 6.54 Å². The number of aromatic amines is 1. The molecule has 150 valence electrons. The molecule has 7 rings (SSSR count). The van der Waals surface area contributed by atoms with Gasteiger partial charge in [0.25, 0.3) is 5.91 Å². The number of aromatic nitrogens is 1. The summed E-state index contributed by atoms with van der Waals surface area (Å²) in [7, 11) is 0. The predicted octanol–water partition coefficient (Wildman–Crippen LogP) is 0.576. The first-order valence-electron chi connectivity index (χ1n) is 10.5. The fraction of sp³-hybridized carbons (Fsp3) is 0.375. The monoisotopic (exact) mass is 407 g/mol. The number of piperidine rings is 1. The van der Waals surface area contributed by atoms with Gasteiger partial charge in [-0.15, -0.1) is 0 Å². The molecule has 0 radical (unpaired) electrons. The van der Waals surface area contributed by atoms with E-state index in [0.717, 1.165) is 49.9 Å². The minimum absolute atomic E-state index is 0.